The van der Waals surface area contributed by atoms with Crippen LogP contribution in [0.1, 0.15) is 49.9 Å². The Kier molecular flexibility index (Phi) is 3.87. The molecule has 3 aliphatic rings. The fourth-order valence-corrected chi connectivity index (χ4v) is 7.12. The monoisotopic (exact) mass is 476 g/mol. The van der Waals surface area contributed by atoms with Gasteiger partial charge in [0.1, 0.15) is 11.5 Å². The molecule has 8 rings (SSSR count). The molecule has 0 saturated carbocycles. The van der Waals surface area contributed by atoms with Crippen molar-refractivity contribution in [2.45, 2.75) is 38.5 Å². The summed E-state index contributed by atoms with van der Waals surface area (Å²) < 4.78 is 6.92. The fraction of sp³-hybridized carbons (Fsp3) is 0.167. The molecule has 37 heavy (non-hydrogen) atoms. The highest BCUT2D eigenvalue weighted by atomic mass is 16.5. The predicted octanol–water partition coefficient (Wildman–Crippen LogP) is 9.74. The number of benzene rings is 5. The van der Waals surface area contributed by atoms with Crippen molar-refractivity contribution in [1.82, 2.24) is 0 Å². The summed E-state index contributed by atoms with van der Waals surface area (Å²) in [4.78, 5) is 0. The second-order valence-electron chi connectivity index (χ2n) is 11.8. The van der Waals surface area contributed by atoms with Crippen LogP contribution in [0.3, 0.4) is 0 Å². The van der Waals surface area contributed by atoms with E-state index in [-0.39, 0.29) is 10.8 Å². The maximum atomic E-state index is 6.92. The number of fused-ring (bicyclic) bond motifs is 11. The molecule has 2 aliphatic carbocycles. The van der Waals surface area contributed by atoms with E-state index in [4.69, 9.17) is 4.74 Å². The highest BCUT2D eigenvalue weighted by Crippen LogP contribution is 2.57. The molecule has 1 heteroatoms. The van der Waals surface area contributed by atoms with Crippen LogP contribution in [0, 0.1) is 0 Å². The van der Waals surface area contributed by atoms with Gasteiger partial charge in [0.15, 0.2) is 0 Å². The summed E-state index contributed by atoms with van der Waals surface area (Å²) >= 11 is 0. The van der Waals surface area contributed by atoms with Crippen LogP contribution in [0.15, 0.2) is 97.1 Å². The molecule has 1 nitrogen and oxygen atoms in total. The van der Waals surface area contributed by atoms with E-state index < -0.39 is 0 Å². The van der Waals surface area contributed by atoms with Gasteiger partial charge in [-0.3, -0.25) is 0 Å². The van der Waals surface area contributed by atoms with E-state index in [9.17, 15) is 0 Å². The highest BCUT2D eigenvalue weighted by molar-refractivity contribution is 5.97. The number of ether oxygens (including phenoxy) is 1. The maximum Gasteiger partial charge on any atom is 0.135 e. The molecule has 0 unspecified atom stereocenters. The van der Waals surface area contributed by atoms with Gasteiger partial charge in [-0.1, -0.05) is 100 Å². The predicted molar refractivity (Wildman–Crippen MR) is 153 cm³/mol. The molecule has 5 aromatic carbocycles. The third kappa shape index (κ3) is 2.59. The Hall–Kier alpha value is -4.10. The number of hydrogen-bond acceptors (Lipinski definition) is 1. The summed E-state index contributed by atoms with van der Waals surface area (Å²) in [7, 11) is 0. The van der Waals surface area contributed by atoms with Crippen LogP contribution < -0.4 is 4.74 Å². The smallest absolute Gasteiger partial charge is 0.135 e. The van der Waals surface area contributed by atoms with E-state index in [1.165, 1.54) is 55.6 Å². The Morgan fingerprint density at radius 3 is 1.19 bits per heavy atom. The molecule has 0 radical (unpaired) electrons. The van der Waals surface area contributed by atoms with Gasteiger partial charge >= 0.3 is 0 Å². The molecule has 0 bridgehead atoms. The van der Waals surface area contributed by atoms with Gasteiger partial charge in [-0.25, -0.2) is 0 Å². The average Bonchev–Trinajstić information content (AvgIpc) is 3.20. The molecule has 0 amide bonds. The lowest BCUT2D eigenvalue weighted by Crippen LogP contribution is -2.15. The first-order valence-electron chi connectivity index (χ1n) is 13.2. The summed E-state index contributed by atoms with van der Waals surface area (Å²) in [5.41, 5.74) is 15.4. The molecule has 0 N–H and O–H groups in total. The lowest BCUT2D eigenvalue weighted by molar-refractivity contribution is 0.483. The topological polar surface area (TPSA) is 9.23 Å². The minimum atomic E-state index is -0.0689. The molecule has 1 heterocycles. The van der Waals surface area contributed by atoms with Gasteiger partial charge in [0.2, 0.25) is 0 Å². The molecule has 0 fully saturated rings. The zero-order valence-electron chi connectivity index (χ0n) is 21.6. The summed E-state index contributed by atoms with van der Waals surface area (Å²) in [6.07, 6.45) is 0. The van der Waals surface area contributed by atoms with Crippen molar-refractivity contribution in [3.8, 4) is 56.0 Å². The fourth-order valence-electron chi connectivity index (χ4n) is 7.12. The van der Waals surface area contributed by atoms with Crippen LogP contribution >= 0.6 is 0 Å². The van der Waals surface area contributed by atoms with E-state index in [1.54, 1.807) is 0 Å². The maximum absolute atomic E-state index is 6.92. The SMILES string of the molecule is CC1(C)c2ccccc2-c2cc3c(cc21)Oc1cc2c(cc1-c1ccccc1-3)-c1ccccc1C2(C)C. The summed E-state index contributed by atoms with van der Waals surface area (Å²) in [5.74, 6) is 1.89. The van der Waals surface area contributed by atoms with Crippen LogP contribution in [-0.4, -0.2) is 0 Å². The molecule has 0 atom stereocenters. The first kappa shape index (κ1) is 21.0. The molecular formula is C36H28O. The third-order valence-corrected chi connectivity index (χ3v) is 9.09. The van der Waals surface area contributed by atoms with Crippen LogP contribution in [0.5, 0.6) is 11.5 Å². The lowest BCUT2D eigenvalue weighted by Gasteiger charge is -2.23. The Balaban J connectivity index is 1.42. The first-order valence-corrected chi connectivity index (χ1v) is 13.2. The summed E-state index contributed by atoms with van der Waals surface area (Å²) in [6.45, 7) is 9.31. The molecular weight excluding hydrogens is 448 g/mol. The number of rotatable bonds is 0. The van der Waals surface area contributed by atoms with Gasteiger partial charge in [-0.15, -0.1) is 0 Å². The van der Waals surface area contributed by atoms with Gasteiger partial charge in [-0.2, -0.15) is 0 Å². The van der Waals surface area contributed by atoms with Gasteiger partial charge in [0.05, 0.1) is 0 Å². The minimum absolute atomic E-state index is 0.0689. The van der Waals surface area contributed by atoms with Gasteiger partial charge in [-0.05, 0) is 79.9 Å². The van der Waals surface area contributed by atoms with Gasteiger partial charge in [0, 0.05) is 22.0 Å². The van der Waals surface area contributed by atoms with Gasteiger partial charge < -0.3 is 4.74 Å². The van der Waals surface area contributed by atoms with E-state index in [0.29, 0.717) is 0 Å². The zero-order valence-corrected chi connectivity index (χ0v) is 21.6. The quantitative estimate of drug-likeness (QED) is 0.212. The van der Waals surface area contributed by atoms with Crippen LogP contribution in [0.2, 0.25) is 0 Å². The Morgan fingerprint density at radius 2 is 0.757 bits per heavy atom. The van der Waals surface area contributed by atoms with Gasteiger partial charge in [0.25, 0.3) is 0 Å². The Bertz CT molecular complexity index is 1670. The van der Waals surface area contributed by atoms with Crippen molar-refractivity contribution in [1.29, 1.82) is 0 Å². The molecule has 1 aliphatic heterocycles. The summed E-state index contributed by atoms with van der Waals surface area (Å²) in [5, 5.41) is 0. The average molecular weight is 477 g/mol. The highest BCUT2D eigenvalue weighted by Gasteiger charge is 2.39. The summed E-state index contributed by atoms with van der Waals surface area (Å²) in [6, 6.07) is 35.8. The molecule has 178 valence electrons. The van der Waals surface area contributed by atoms with Crippen molar-refractivity contribution in [3.63, 3.8) is 0 Å². The largest absolute Gasteiger partial charge is 0.456 e. The number of hydrogen-bond donors (Lipinski definition) is 0. The lowest BCUT2D eigenvalue weighted by atomic mass is 9.81. The second-order valence-corrected chi connectivity index (χ2v) is 11.8. The molecule has 0 spiro atoms. The van der Waals surface area contributed by atoms with E-state index >= 15 is 0 Å². The van der Waals surface area contributed by atoms with E-state index in [1.807, 2.05) is 0 Å². The Labute approximate surface area is 218 Å². The zero-order chi connectivity index (χ0) is 25.1. The van der Waals surface area contributed by atoms with E-state index in [0.717, 1.165) is 22.6 Å². The van der Waals surface area contributed by atoms with Crippen molar-refractivity contribution in [2.75, 3.05) is 0 Å². The van der Waals surface area contributed by atoms with Crippen LogP contribution in [-0.2, 0) is 10.8 Å². The van der Waals surface area contributed by atoms with Crippen molar-refractivity contribution < 1.29 is 4.74 Å². The second kappa shape index (κ2) is 6.81. The van der Waals surface area contributed by atoms with E-state index in [2.05, 4.69) is 125 Å². The van der Waals surface area contributed by atoms with Crippen molar-refractivity contribution in [3.05, 3.63) is 119 Å². The standard InChI is InChI=1S/C36H28O/c1-35(2)29-15-9-7-13-23(29)25-17-27-21-11-5-6-12-22(21)28-18-26-24-14-8-10-16-30(24)36(3,4)32(26)20-34(28)37-33(27)19-31(25)35/h5-20H,1-4H3. The minimum Gasteiger partial charge on any atom is -0.456 e. The molecule has 0 saturated heterocycles. The molecule has 0 aromatic heterocycles. The first-order chi connectivity index (χ1) is 17.9. The van der Waals surface area contributed by atoms with Crippen LogP contribution in [0.4, 0.5) is 0 Å². The Morgan fingerprint density at radius 1 is 0.378 bits per heavy atom. The normalized spacial score (nSPS) is 16.2. The molecule has 5 aromatic rings. The van der Waals surface area contributed by atoms with Crippen molar-refractivity contribution in [2.24, 2.45) is 0 Å². The van der Waals surface area contributed by atoms with Crippen molar-refractivity contribution >= 4 is 0 Å². The third-order valence-electron chi connectivity index (χ3n) is 9.09. The van der Waals surface area contributed by atoms with Crippen LogP contribution in [0.25, 0.3) is 44.5 Å².